The molecule has 0 N–H and O–H groups in total. The maximum absolute atomic E-state index is 11.8. The lowest BCUT2D eigenvalue weighted by molar-refractivity contribution is -0.115. The van der Waals surface area contributed by atoms with Crippen molar-refractivity contribution in [3.8, 4) is 0 Å². The first-order valence-corrected chi connectivity index (χ1v) is 12.0. The van der Waals surface area contributed by atoms with E-state index in [0.29, 0.717) is 12.8 Å². The Labute approximate surface area is 158 Å². The molecule has 0 radical (unpaired) electrons. The summed E-state index contributed by atoms with van der Waals surface area (Å²) in [4.78, 5) is 23.5. The van der Waals surface area contributed by atoms with Gasteiger partial charge >= 0.3 is 0 Å². The molecule has 0 aromatic heterocycles. The fourth-order valence-corrected chi connectivity index (χ4v) is 4.13. The van der Waals surface area contributed by atoms with Gasteiger partial charge in [0.2, 0.25) is 0 Å². The molecule has 0 bridgehead atoms. The lowest BCUT2D eigenvalue weighted by Gasteiger charge is -2.03. The number of hydrogen-bond acceptors (Lipinski definition) is 4. The van der Waals surface area contributed by atoms with Crippen LogP contribution in [-0.4, -0.2) is 21.7 Å². The molecule has 0 rings (SSSR count). The lowest BCUT2D eigenvalue weighted by Crippen LogP contribution is -2.00. The van der Waals surface area contributed by atoms with Crippen molar-refractivity contribution in [1.82, 2.24) is 0 Å². The topological polar surface area (TPSA) is 34.1 Å². The summed E-state index contributed by atoms with van der Waals surface area (Å²) in [5.41, 5.74) is 0. The second kappa shape index (κ2) is 19.4. The first kappa shape index (κ1) is 24.0. The van der Waals surface area contributed by atoms with Crippen molar-refractivity contribution in [1.29, 1.82) is 0 Å². The van der Waals surface area contributed by atoms with Gasteiger partial charge in [-0.05, 0) is 12.8 Å². The molecule has 0 amide bonds. The summed E-state index contributed by atoms with van der Waals surface area (Å²) in [7, 11) is 0. The molecule has 0 unspecified atom stereocenters. The van der Waals surface area contributed by atoms with Crippen LogP contribution in [0, 0.1) is 0 Å². The summed E-state index contributed by atoms with van der Waals surface area (Å²) in [6.07, 6.45) is 16.0. The fourth-order valence-electron chi connectivity index (χ4n) is 2.49. The highest BCUT2D eigenvalue weighted by molar-refractivity contribution is 8.14. The van der Waals surface area contributed by atoms with E-state index in [-0.39, 0.29) is 10.2 Å². The number of hydrogen-bond donors (Lipinski definition) is 0. The number of rotatable bonds is 17. The van der Waals surface area contributed by atoms with Crippen molar-refractivity contribution in [2.24, 2.45) is 0 Å². The normalized spacial score (nSPS) is 10.9. The number of thioether (sulfide) groups is 2. The van der Waals surface area contributed by atoms with Crippen LogP contribution in [0.15, 0.2) is 0 Å². The molecule has 0 aliphatic rings. The molecule has 0 heterocycles. The van der Waals surface area contributed by atoms with Gasteiger partial charge in [-0.15, -0.1) is 0 Å². The highest BCUT2D eigenvalue weighted by Crippen LogP contribution is 2.16. The van der Waals surface area contributed by atoms with Crippen molar-refractivity contribution in [3.05, 3.63) is 0 Å². The van der Waals surface area contributed by atoms with Gasteiger partial charge in [-0.3, -0.25) is 9.59 Å². The quantitative estimate of drug-likeness (QED) is 0.256. The summed E-state index contributed by atoms with van der Waals surface area (Å²) in [6.45, 7) is 4.45. The summed E-state index contributed by atoms with van der Waals surface area (Å²) < 4.78 is 0. The third-order valence-electron chi connectivity index (χ3n) is 4.06. The maximum Gasteiger partial charge on any atom is 0.189 e. The number of carbonyl (C=O) groups excluding carboxylic acids is 2. The van der Waals surface area contributed by atoms with Crippen LogP contribution in [0.5, 0.6) is 0 Å². The predicted molar refractivity (Wildman–Crippen MR) is 111 cm³/mol. The zero-order valence-electron chi connectivity index (χ0n) is 15.9. The highest BCUT2D eigenvalue weighted by atomic mass is 32.2. The minimum atomic E-state index is 0.192. The van der Waals surface area contributed by atoms with Crippen LogP contribution in [0.25, 0.3) is 0 Å². The minimum Gasteiger partial charge on any atom is -0.287 e. The summed E-state index contributed by atoms with van der Waals surface area (Å²) in [5.74, 6) is 1.84. The van der Waals surface area contributed by atoms with Crippen LogP contribution in [0.1, 0.15) is 104 Å². The Kier molecular flexibility index (Phi) is 19.4. The second-order valence-corrected chi connectivity index (χ2v) is 8.78. The molecule has 24 heavy (non-hydrogen) atoms. The molecule has 0 saturated carbocycles. The van der Waals surface area contributed by atoms with Gasteiger partial charge in [0.15, 0.2) is 10.2 Å². The summed E-state index contributed by atoms with van der Waals surface area (Å²) >= 11 is 2.84. The zero-order valence-corrected chi connectivity index (χ0v) is 17.6. The van der Waals surface area contributed by atoms with Gasteiger partial charge in [-0.2, -0.15) is 0 Å². The third kappa shape index (κ3) is 18.4. The van der Waals surface area contributed by atoms with Crippen molar-refractivity contribution < 1.29 is 9.59 Å². The Bertz CT molecular complexity index is 276. The van der Waals surface area contributed by atoms with Gasteiger partial charge in [-0.1, -0.05) is 102 Å². The summed E-state index contributed by atoms with van der Waals surface area (Å²) in [6, 6.07) is 0. The minimum absolute atomic E-state index is 0.192. The van der Waals surface area contributed by atoms with Gasteiger partial charge in [-0.25, -0.2) is 0 Å². The van der Waals surface area contributed by atoms with Gasteiger partial charge in [0.25, 0.3) is 0 Å². The molecule has 0 aromatic carbocycles. The predicted octanol–water partition coefficient (Wildman–Crippen LogP) is 7.01. The first-order chi connectivity index (χ1) is 11.7. The zero-order chi connectivity index (χ0) is 17.9. The second-order valence-electron chi connectivity index (χ2n) is 6.48. The van der Waals surface area contributed by atoms with E-state index >= 15 is 0 Å². The van der Waals surface area contributed by atoms with Gasteiger partial charge in [0.05, 0.1) is 0 Å². The van der Waals surface area contributed by atoms with Crippen LogP contribution in [0.3, 0.4) is 0 Å². The van der Waals surface area contributed by atoms with Gasteiger partial charge < -0.3 is 0 Å². The average Bonchev–Trinajstić information content (AvgIpc) is 2.58. The van der Waals surface area contributed by atoms with Crippen LogP contribution >= 0.6 is 23.5 Å². The Hall–Kier alpha value is 0.0400. The standard InChI is InChI=1S/C20H38O2S2/c1-3-5-7-9-11-13-17-23-19(21)15-16-20(22)24-18-14-12-10-8-6-4-2/h3-18H2,1-2H3. The van der Waals surface area contributed by atoms with E-state index < -0.39 is 0 Å². The molecule has 0 aliphatic carbocycles. The molecular weight excluding hydrogens is 336 g/mol. The Morgan fingerprint density at radius 3 is 1.25 bits per heavy atom. The van der Waals surface area contributed by atoms with Crippen molar-refractivity contribution in [3.63, 3.8) is 0 Å². The molecule has 0 fully saturated rings. The monoisotopic (exact) mass is 374 g/mol. The van der Waals surface area contributed by atoms with E-state index in [1.807, 2.05) is 0 Å². The molecular formula is C20H38O2S2. The van der Waals surface area contributed by atoms with E-state index in [0.717, 1.165) is 24.3 Å². The van der Waals surface area contributed by atoms with E-state index in [2.05, 4.69) is 13.8 Å². The molecule has 4 heteroatoms. The SMILES string of the molecule is CCCCCCCCSC(=O)CCC(=O)SCCCCCCCC. The van der Waals surface area contributed by atoms with Crippen molar-refractivity contribution >= 4 is 33.8 Å². The lowest BCUT2D eigenvalue weighted by atomic mass is 10.1. The van der Waals surface area contributed by atoms with Crippen molar-refractivity contribution in [2.75, 3.05) is 11.5 Å². The number of carbonyl (C=O) groups is 2. The summed E-state index contributed by atoms with van der Waals surface area (Å²) in [5, 5.41) is 0.383. The molecule has 0 atom stereocenters. The molecule has 0 saturated heterocycles. The Morgan fingerprint density at radius 1 is 0.542 bits per heavy atom. The fraction of sp³-hybridized carbons (Fsp3) is 0.900. The van der Waals surface area contributed by atoms with Crippen LogP contribution in [-0.2, 0) is 9.59 Å². The molecule has 0 spiro atoms. The van der Waals surface area contributed by atoms with Gasteiger partial charge in [0.1, 0.15) is 0 Å². The third-order valence-corrected chi connectivity index (χ3v) is 6.09. The van der Waals surface area contributed by atoms with Crippen molar-refractivity contribution in [2.45, 2.75) is 104 Å². The van der Waals surface area contributed by atoms with E-state index in [1.165, 1.54) is 87.7 Å². The van der Waals surface area contributed by atoms with Gasteiger partial charge in [0, 0.05) is 24.3 Å². The van der Waals surface area contributed by atoms with E-state index in [1.54, 1.807) is 0 Å². The van der Waals surface area contributed by atoms with E-state index in [4.69, 9.17) is 0 Å². The average molecular weight is 375 g/mol. The number of unbranched alkanes of at least 4 members (excludes halogenated alkanes) is 10. The smallest absolute Gasteiger partial charge is 0.189 e. The van der Waals surface area contributed by atoms with Crippen LogP contribution in [0.4, 0.5) is 0 Å². The Balaban J connectivity index is 3.34. The molecule has 0 aliphatic heterocycles. The van der Waals surface area contributed by atoms with E-state index in [9.17, 15) is 9.59 Å². The largest absolute Gasteiger partial charge is 0.287 e. The Morgan fingerprint density at radius 2 is 0.875 bits per heavy atom. The molecule has 0 aromatic rings. The molecule has 2 nitrogen and oxygen atoms in total. The maximum atomic E-state index is 11.8. The van der Waals surface area contributed by atoms with Crippen LogP contribution < -0.4 is 0 Å². The highest BCUT2D eigenvalue weighted by Gasteiger charge is 2.08. The first-order valence-electron chi connectivity index (χ1n) is 10.0. The molecule has 142 valence electrons. The van der Waals surface area contributed by atoms with Crippen LogP contribution in [0.2, 0.25) is 0 Å².